The van der Waals surface area contributed by atoms with Crippen LogP contribution in [0.5, 0.6) is 0 Å². The number of nitrogens with one attached hydrogen (secondary N) is 2. The van der Waals surface area contributed by atoms with Crippen molar-refractivity contribution in [2.75, 3.05) is 6.54 Å². The molecule has 1 aliphatic heterocycles. The van der Waals surface area contributed by atoms with Gasteiger partial charge in [0.05, 0.1) is 0 Å². The van der Waals surface area contributed by atoms with E-state index in [1.165, 1.54) is 25.7 Å². The van der Waals surface area contributed by atoms with E-state index < -0.39 is 5.97 Å². The predicted octanol–water partition coefficient (Wildman–Crippen LogP) is 1.00. The number of aromatic nitrogens is 4. The van der Waals surface area contributed by atoms with Gasteiger partial charge in [-0.15, -0.1) is 10.2 Å². The van der Waals surface area contributed by atoms with Crippen LogP contribution in [-0.2, 0) is 11.2 Å². The first-order chi connectivity index (χ1) is 10.2. The van der Waals surface area contributed by atoms with E-state index in [2.05, 4.69) is 25.9 Å². The lowest BCUT2D eigenvalue weighted by Gasteiger charge is -2.41. The molecule has 0 aromatic carbocycles. The fraction of sp³-hybridized carbons (Fsp3) is 0.857. The maximum Gasteiger partial charge on any atom is 0.320 e. The number of carbonyl (C=O) groups is 1. The van der Waals surface area contributed by atoms with E-state index in [0.717, 1.165) is 37.5 Å². The van der Waals surface area contributed by atoms with Gasteiger partial charge in [0.2, 0.25) is 0 Å². The summed E-state index contributed by atoms with van der Waals surface area (Å²) < 4.78 is 0. The number of rotatable bonds is 5. The van der Waals surface area contributed by atoms with Crippen molar-refractivity contribution in [3.63, 3.8) is 0 Å². The number of tetrazole rings is 1. The number of carboxylic acid groups (broad SMARTS) is 1. The van der Waals surface area contributed by atoms with Crippen molar-refractivity contribution in [2.45, 2.75) is 51.0 Å². The lowest BCUT2D eigenvalue weighted by atomic mass is 9.68. The lowest BCUT2D eigenvalue weighted by molar-refractivity contribution is -0.141. The Kier molecular flexibility index (Phi) is 4.48. The van der Waals surface area contributed by atoms with E-state index >= 15 is 0 Å². The molecule has 1 aliphatic carbocycles. The fourth-order valence-electron chi connectivity index (χ4n) is 3.95. The molecule has 1 saturated heterocycles. The van der Waals surface area contributed by atoms with Crippen LogP contribution < -0.4 is 5.32 Å². The van der Waals surface area contributed by atoms with Crippen LogP contribution in [0.1, 0.15) is 44.3 Å². The first-order valence-corrected chi connectivity index (χ1v) is 7.91. The van der Waals surface area contributed by atoms with Crippen LogP contribution in [-0.4, -0.2) is 44.3 Å². The van der Waals surface area contributed by atoms with Gasteiger partial charge in [-0.05, 0) is 50.0 Å². The maximum atomic E-state index is 11.1. The molecule has 1 aromatic heterocycles. The van der Waals surface area contributed by atoms with Crippen molar-refractivity contribution in [3.8, 4) is 0 Å². The molecule has 2 aliphatic rings. The van der Waals surface area contributed by atoms with Crippen LogP contribution in [0.4, 0.5) is 0 Å². The molecule has 3 rings (SSSR count). The number of hydrogen-bond donors (Lipinski definition) is 3. The highest BCUT2D eigenvalue weighted by Gasteiger charge is 2.37. The molecule has 7 nitrogen and oxygen atoms in total. The van der Waals surface area contributed by atoms with E-state index in [4.69, 9.17) is 5.11 Å². The molecule has 116 valence electrons. The second-order valence-electron chi connectivity index (χ2n) is 6.45. The molecule has 1 aromatic rings. The third kappa shape index (κ3) is 3.58. The van der Waals surface area contributed by atoms with Gasteiger partial charge < -0.3 is 10.4 Å². The Labute approximate surface area is 123 Å². The number of fused-ring (bicyclic) bond motifs is 1. The highest BCUT2D eigenvalue weighted by atomic mass is 16.4. The molecule has 0 radical (unpaired) electrons. The molecular formula is C14H23N5O2. The maximum absolute atomic E-state index is 11.1. The minimum atomic E-state index is -0.701. The summed E-state index contributed by atoms with van der Waals surface area (Å²) in [6.07, 6.45) is 7.62. The van der Waals surface area contributed by atoms with Gasteiger partial charge in [-0.25, -0.2) is 0 Å². The van der Waals surface area contributed by atoms with Gasteiger partial charge in [-0.2, -0.15) is 5.21 Å². The molecular weight excluding hydrogens is 270 g/mol. The number of nitrogens with zero attached hydrogens (tertiary/aromatic N) is 3. The topological polar surface area (TPSA) is 104 Å². The SMILES string of the molecule is O=C(O)[C@@H]1C[C@H]2C[C@H](CCCc3nn[nH]n3)CC[C@H]2CN1. The number of hydrogen-bond acceptors (Lipinski definition) is 5. The van der Waals surface area contributed by atoms with Crippen molar-refractivity contribution in [2.24, 2.45) is 17.8 Å². The van der Waals surface area contributed by atoms with Crippen LogP contribution in [0.15, 0.2) is 0 Å². The minimum absolute atomic E-state index is 0.343. The van der Waals surface area contributed by atoms with Gasteiger partial charge in [0.1, 0.15) is 6.04 Å². The van der Waals surface area contributed by atoms with E-state index in [1.54, 1.807) is 0 Å². The van der Waals surface area contributed by atoms with Crippen molar-refractivity contribution < 1.29 is 9.90 Å². The van der Waals surface area contributed by atoms with Gasteiger partial charge in [0.25, 0.3) is 0 Å². The fourth-order valence-corrected chi connectivity index (χ4v) is 3.95. The van der Waals surface area contributed by atoms with Crippen LogP contribution in [0.25, 0.3) is 0 Å². The Morgan fingerprint density at radius 1 is 1.29 bits per heavy atom. The summed E-state index contributed by atoms with van der Waals surface area (Å²) in [5.74, 6) is 2.07. The second kappa shape index (κ2) is 6.51. The van der Waals surface area contributed by atoms with Crippen molar-refractivity contribution in [1.82, 2.24) is 25.9 Å². The number of carboxylic acids is 1. The number of piperidine rings is 1. The zero-order chi connectivity index (χ0) is 14.7. The molecule has 21 heavy (non-hydrogen) atoms. The van der Waals surface area contributed by atoms with Crippen LogP contribution in [0.3, 0.4) is 0 Å². The van der Waals surface area contributed by atoms with Crippen LogP contribution in [0, 0.1) is 17.8 Å². The molecule has 0 amide bonds. The largest absolute Gasteiger partial charge is 0.480 e. The van der Waals surface area contributed by atoms with E-state index in [1.807, 2.05) is 0 Å². The van der Waals surface area contributed by atoms with E-state index in [0.29, 0.717) is 11.8 Å². The quantitative estimate of drug-likeness (QED) is 0.748. The van der Waals surface area contributed by atoms with Crippen molar-refractivity contribution in [1.29, 1.82) is 0 Å². The lowest BCUT2D eigenvalue weighted by Crippen LogP contribution is -2.49. The molecule has 4 atom stereocenters. The van der Waals surface area contributed by atoms with Gasteiger partial charge in [0.15, 0.2) is 5.82 Å². The average molecular weight is 293 g/mol. The summed E-state index contributed by atoms with van der Waals surface area (Å²) >= 11 is 0. The highest BCUT2D eigenvalue weighted by molar-refractivity contribution is 5.73. The number of aliphatic carboxylic acids is 1. The summed E-state index contributed by atoms with van der Waals surface area (Å²) in [5, 5.41) is 26.3. The number of H-pyrrole nitrogens is 1. The van der Waals surface area contributed by atoms with E-state index in [-0.39, 0.29) is 6.04 Å². The first kappa shape index (κ1) is 14.4. The number of aromatic amines is 1. The number of aryl methyl sites for hydroxylation is 1. The zero-order valence-corrected chi connectivity index (χ0v) is 12.2. The summed E-state index contributed by atoms with van der Waals surface area (Å²) in [5.41, 5.74) is 0. The highest BCUT2D eigenvalue weighted by Crippen LogP contribution is 2.40. The smallest absolute Gasteiger partial charge is 0.320 e. The predicted molar refractivity (Wildman–Crippen MR) is 75.5 cm³/mol. The molecule has 2 heterocycles. The van der Waals surface area contributed by atoms with Crippen molar-refractivity contribution in [3.05, 3.63) is 5.82 Å². The van der Waals surface area contributed by atoms with E-state index in [9.17, 15) is 4.79 Å². The Morgan fingerprint density at radius 3 is 2.95 bits per heavy atom. The van der Waals surface area contributed by atoms with Gasteiger partial charge >= 0.3 is 5.97 Å². The minimum Gasteiger partial charge on any atom is -0.480 e. The third-order valence-corrected chi connectivity index (χ3v) is 5.11. The van der Waals surface area contributed by atoms with Gasteiger partial charge in [-0.3, -0.25) is 4.79 Å². The molecule has 1 saturated carbocycles. The Hall–Kier alpha value is -1.50. The van der Waals surface area contributed by atoms with Gasteiger partial charge in [0, 0.05) is 6.42 Å². The van der Waals surface area contributed by atoms with Gasteiger partial charge in [-0.1, -0.05) is 18.1 Å². The Bertz CT molecular complexity index is 464. The zero-order valence-electron chi connectivity index (χ0n) is 12.2. The second-order valence-corrected chi connectivity index (χ2v) is 6.45. The summed E-state index contributed by atoms with van der Waals surface area (Å²) in [6, 6.07) is -0.343. The monoisotopic (exact) mass is 293 g/mol. The summed E-state index contributed by atoms with van der Waals surface area (Å²) in [6.45, 7) is 0.872. The first-order valence-electron chi connectivity index (χ1n) is 7.91. The third-order valence-electron chi connectivity index (χ3n) is 5.11. The normalized spacial score (nSPS) is 32.6. The van der Waals surface area contributed by atoms with Crippen LogP contribution >= 0.6 is 0 Å². The molecule has 7 heteroatoms. The molecule has 2 fully saturated rings. The molecule has 0 bridgehead atoms. The Morgan fingerprint density at radius 2 is 2.19 bits per heavy atom. The molecule has 0 unspecified atom stereocenters. The van der Waals surface area contributed by atoms with Crippen molar-refractivity contribution >= 4 is 5.97 Å². The molecule has 0 spiro atoms. The van der Waals surface area contributed by atoms with Crippen LogP contribution in [0.2, 0.25) is 0 Å². The Balaban J connectivity index is 1.45. The molecule has 3 N–H and O–H groups in total. The summed E-state index contributed by atoms with van der Waals surface area (Å²) in [7, 11) is 0. The average Bonchev–Trinajstić information content (AvgIpc) is 2.99. The summed E-state index contributed by atoms with van der Waals surface area (Å²) in [4.78, 5) is 11.1. The standard InChI is InChI=1S/C14H23N5O2/c20-14(21)12-7-11-6-9(4-5-10(11)8-15-12)2-1-3-13-16-18-19-17-13/h9-12,15H,1-8H2,(H,20,21)(H,16,17,18,19)/t9-,10+,11-,12+/m1/s1.